The number of hydrogen-bond acceptors (Lipinski definition) is 7. The minimum absolute atomic E-state index is 0.0225. The van der Waals surface area contributed by atoms with Gasteiger partial charge in [0.25, 0.3) is 15.9 Å². The molecule has 194 valence electrons. The van der Waals surface area contributed by atoms with Gasteiger partial charge in [-0.2, -0.15) is 0 Å². The van der Waals surface area contributed by atoms with Gasteiger partial charge in [-0.05, 0) is 49.2 Å². The number of hydrogen-bond donors (Lipinski definition) is 1. The second-order valence-corrected chi connectivity index (χ2v) is 11.7. The number of ether oxygens (including phenoxy) is 1. The van der Waals surface area contributed by atoms with Gasteiger partial charge in [0.05, 0.1) is 21.8 Å². The lowest BCUT2D eigenvalue weighted by Crippen LogP contribution is -2.35. The second-order valence-electron chi connectivity index (χ2n) is 8.65. The normalized spacial score (nSPS) is 14.7. The summed E-state index contributed by atoms with van der Waals surface area (Å²) in [4.78, 5) is 29.3. The zero-order chi connectivity index (χ0) is 26.9. The summed E-state index contributed by atoms with van der Waals surface area (Å²) in [5.41, 5.74) is 2.95. The average Bonchev–Trinajstić information content (AvgIpc) is 3.51. The van der Waals surface area contributed by atoms with E-state index in [0.29, 0.717) is 28.0 Å². The molecule has 2 heterocycles. The van der Waals surface area contributed by atoms with Gasteiger partial charge in [-0.3, -0.25) is 14.4 Å². The molecule has 11 heteroatoms. The van der Waals surface area contributed by atoms with Crippen LogP contribution < -0.4 is 9.62 Å². The molecule has 5 rings (SSSR count). The summed E-state index contributed by atoms with van der Waals surface area (Å²) in [6.07, 6.45) is 0.602. The van der Waals surface area contributed by atoms with Gasteiger partial charge in [0, 0.05) is 22.0 Å². The number of nitrogens with one attached hydrogen (secondary N) is 1. The second kappa shape index (κ2) is 10.6. The van der Waals surface area contributed by atoms with Crippen LogP contribution in [-0.2, 0) is 26.0 Å². The van der Waals surface area contributed by atoms with Crippen LogP contribution in [0.1, 0.15) is 22.8 Å². The highest BCUT2D eigenvalue weighted by Gasteiger charge is 2.36. The Morgan fingerprint density at radius 3 is 2.68 bits per heavy atom. The van der Waals surface area contributed by atoms with Gasteiger partial charge in [-0.15, -0.1) is 11.3 Å². The van der Waals surface area contributed by atoms with Crippen molar-refractivity contribution in [2.24, 2.45) is 0 Å². The van der Waals surface area contributed by atoms with Crippen LogP contribution in [0.15, 0.2) is 83.1 Å². The van der Waals surface area contributed by atoms with Gasteiger partial charge in [0.15, 0.2) is 11.7 Å². The number of sulfonamides is 1. The molecule has 1 aliphatic heterocycles. The summed E-state index contributed by atoms with van der Waals surface area (Å²) in [6, 6.07) is 19.9. The van der Waals surface area contributed by atoms with Gasteiger partial charge in [-0.25, -0.2) is 18.2 Å². The van der Waals surface area contributed by atoms with E-state index in [-0.39, 0.29) is 16.5 Å². The molecule has 0 fully saturated rings. The summed E-state index contributed by atoms with van der Waals surface area (Å²) in [6.45, 7) is 1.28. The Kier molecular flexibility index (Phi) is 7.20. The lowest BCUT2D eigenvalue weighted by molar-refractivity contribution is -0.119. The van der Waals surface area contributed by atoms with Crippen molar-refractivity contribution in [3.8, 4) is 11.3 Å². The lowest BCUT2D eigenvalue weighted by atomic mass is 10.1. The highest BCUT2D eigenvalue weighted by molar-refractivity contribution is 7.92. The molecule has 0 saturated carbocycles. The molecule has 1 atom stereocenters. The molecule has 0 aliphatic carbocycles. The smallest absolute Gasteiger partial charge is 0.338 e. The van der Waals surface area contributed by atoms with Crippen molar-refractivity contribution in [2.45, 2.75) is 24.3 Å². The number of halogens is 1. The third-order valence-electron chi connectivity index (χ3n) is 6.01. The number of thiazole rings is 1. The molecule has 0 spiro atoms. The van der Waals surface area contributed by atoms with E-state index in [1.54, 1.807) is 23.6 Å². The van der Waals surface area contributed by atoms with Crippen molar-refractivity contribution in [3.63, 3.8) is 0 Å². The number of benzene rings is 3. The molecule has 8 nitrogen and oxygen atoms in total. The summed E-state index contributed by atoms with van der Waals surface area (Å²) < 4.78 is 33.5. The van der Waals surface area contributed by atoms with Crippen molar-refractivity contribution < 1.29 is 22.7 Å². The molecule has 0 radical (unpaired) electrons. The number of aromatic nitrogens is 1. The number of fused-ring (bicyclic) bond motifs is 1. The first kappa shape index (κ1) is 25.9. The molecule has 1 aliphatic rings. The van der Waals surface area contributed by atoms with E-state index >= 15 is 0 Å². The largest absolute Gasteiger partial charge is 0.452 e. The summed E-state index contributed by atoms with van der Waals surface area (Å²) in [5, 5.41) is 5.22. The molecule has 0 saturated heterocycles. The van der Waals surface area contributed by atoms with Gasteiger partial charge >= 0.3 is 5.97 Å². The average molecular weight is 568 g/mol. The molecule has 4 aromatic rings. The number of esters is 1. The topological polar surface area (TPSA) is 106 Å². The number of carbonyl (C=O) groups is 2. The van der Waals surface area contributed by atoms with Crippen LogP contribution in [0, 0.1) is 0 Å². The fourth-order valence-electron chi connectivity index (χ4n) is 4.29. The maximum Gasteiger partial charge on any atom is 0.338 e. The Labute approximate surface area is 228 Å². The highest BCUT2D eigenvalue weighted by Crippen LogP contribution is 2.36. The van der Waals surface area contributed by atoms with Crippen molar-refractivity contribution in [3.05, 3.63) is 94.3 Å². The number of anilines is 2. The molecule has 0 bridgehead atoms. The zero-order valence-electron chi connectivity index (χ0n) is 20.1. The number of amides is 1. The summed E-state index contributed by atoms with van der Waals surface area (Å²) in [5.74, 6) is -1.40. The lowest BCUT2D eigenvalue weighted by Gasteiger charge is -2.24. The van der Waals surface area contributed by atoms with Gasteiger partial charge in [0.1, 0.15) is 0 Å². The molecule has 1 aromatic heterocycles. The molecule has 38 heavy (non-hydrogen) atoms. The van der Waals surface area contributed by atoms with Crippen molar-refractivity contribution in [1.29, 1.82) is 0 Å². The van der Waals surface area contributed by atoms with Crippen LogP contribution in [0.5, 0.6) is 0 Å². The van der Waals surface area contributed by atoms with Crippen molar-refractivity contribution in [2.75, 3.05) is 16.2 Å². The number of carbonyl (C=O) groups excluding carboxylic acids is 2. The van der Waals surface area contributed by atoms with Crippen LogP contribution in [0.25, 0.3) is 11.3 Å². The Morgan fingerprint density at radius 1 is 1.11 bits per heavy atom. The predicted octanol–water partition coefficient (Wildman–Crippen LogP) is 5.40. The zero-order valence-corrected chi connectivity index (χ0v) is 22.5. The van der Waals surface area contributed by atoms with E-state index in [2.05, 4.69) is 10.3 Å². The highest BCUT2D eigenvalue weighted by atomic mass is 35.5. The van der Waals surface area contributed by atoms with Crippen molar-refractivity contribution >= 4 is 55.7 Å². The Balaban J connectivity index is 1.24. The molecule has 1 unspecified atom stereocenters. The maximum atomic E-state index is 13.5. The summed E-state index contributed by atoms with van der Waals surface area (Å²) >= 11 is 7.41. The van der Waals surface area contributed by atoms with Crippen LogP contribution in [0.4, 0.5) is 10.8 Å². The third-order valence-corrected chi connectivity index (χ3v) is 9.02. The standard InChI is InChI=1S/C27H22ClN3O5S2/c1-17-13-18-7-2-5-12-24(18)31(17)38(34,35)20-9-6-8-19(14-20)26(33)36-15-25(32)30-27-29-23(16-37-27)21-10-3-4-11-22(21)28/h2-12,14,16-17H,13,15H2,1H3,(H,29,30,32). The van der Waals surface area contributed by atoms with Crippen LogP contribution in [0.2, 0.25) is 5.02 Å². The van der Waals surface area contributed by atoms with Crippen LogP contribution >= 0.6 is 22.9 Å². The van der Waals surface area contributed by atoms with Gasteiger partial charge in [0.2, 0.25) is 0 Å². The van der Waals surface area contributed by atoms with E-state index in [4.69, 9.17) is 16.3 Å². The van der Waals surface area contributed by atoms with Crippen molar-refractivity contribution in [1.82, 2.24) is 4.98 Å². The quantitative estimate of drug-likeness (QED) is 0.300. The molecule has 1 amide bonds. The van der Waals surface area contributed by atoms with Crippen LogP contribution in [0.3, 0.4) is 0 Å². The first-order chi connectivity index (χ1) is 18.2. The molecular formula is C27H22ClN3O5S2. The molecule has 1 N–H and O–H groups in total. The van der Waals surface area contributed by atoms with E-state index in [1.807, 2.05) is 37.3 Å². The first-order valence-corrected chi connectivity index (χ1v) is 14.3. The number of nitrogens with zero attached hydrogens (tertiary/aromatic N) is 2. The van der Waals surface area contributed by atoms with Gasteiger partial charge < -0.3 is 4.74 Å². The van der Waals surface area contributed by atoms with E-state index in [0.717, 1.165) is 11.1 Å². The summed E-state index contributed by atoms with van der Waals surface area (Å²) in [7, 11) is -3.92. The molecular weight excluding hydrogens is 546 g/mol. The SMILES string of the molecule is CC1Cc2ccccc2N1S(=O)(=O)c1cccc(C(=O)OCC(=O)Nc2nc(-c3ccccc3Cl)cs2)c1. The van der Waals surface area contributed by atoms with Gasteiger partial charge in [-0.1, -0.05) is 54.1 Å². The predicted molar refractivity (Wildman–Crippen MR) is 147 cm³/mol. The van der Waals surface area contributed by atoms with E-state index in [9.17, 15) is 18.0 Å². The Bertz CT molecular complexity index is 1640. The van der Waals surface area contributed by atoms with E-state index < -0.39 is 28.5 Å². The fraction of sp³-hybridized carbons (Fsp3) is 0.148. The van der Waals surface area contributed by atoms with Crippen LogP contribution in [-0.4, -0.2) is 37.9 Å². The third kappa shape index (κ3) is 5.15. The first-order valence-electron chi connectivity index (χ1n) is 11.6. The monoisotopic (exact) mass is 567 g/mol. The molecule has 3 aromatic carbocycles. The van der Waals surface area contributed by atoms with E-state index in [1.165, 1.54) is 39.9 Å². The Morgan fingerprint density at radius 2 is 1.87 bits per heavy atom. The number of rotatable bonds is 7. The maximum absolute atomic E-state index is 13.5. The Hall–Kier alpha value is -3.73. The minimum atomic E-state index is -3.92. The number of para-hydroxylation sites is 1. The fourth-order valence-corrected chi connectivity index (χ4v) is 6.99. The minimum Gasteiger partial charge on any atom is -0.452 e.